The highest BCUT2D eigenvalue weighted by atomic mass is 16.2. The number of nitrogens with zero attached hydrogens (tertiary/aromatic N) is 4. The van der Waals surface area contributed by atoms with Crippen LogP contribution in [-0.2, 0) is 11.3 Å². The standard InChI is InChI=1S/C11H19N7O2/c1-17(2)11(20)15-9-6-13-18(16-9)7-10(19)14-8-3-4-12-5-8/h6,8,12H,3-5,7H2,1-2H3,(H,14,19)(H,15,16,20). The molecule has 0 aromatic carbocycles. The maximum absolute atomic E-state index is 11.8. The van der Waals surface area contributed by atoms with Crippen LogP contribution in [0.4, 0.5) is 10.6 Å². The van der Waals surface area contributed by atoms with E-state index >= 15 is 0 Å². The van der Waals surface area contributed by atoms with Crippen molar-refractivity contribution in [2.75, 3.05) is 32.5 Å². The van der Waals surface area contributed by atoms with Crippen molar-refractivity contribution in [1.29, 1.82) is 0 Å². The second-order valence-corrected chi connectivity index (χ2v) is 4.84. The van der Waals surface area contributed by atoms with Gasteiger partial charge in [-0.05, 0) is 13.0 Å². The lowest BCUT2D eigenvalue weighted by Gasteiger charge is -2.10. The number of amides is 3. The summed E-state index contributed by atoms with van der Waals surface area (Å²) in [5.74, 6) is 0.179. The molecule has 2 rings (SSSR count). The molecule has 0 saturated carbocycles. The summed E-state index contributed by atoms with van der Waals surface area (Å²) in [7, 11) is 3.26. The van der Waals surface area contributed by atoms with Crippen LogP contribution in [-0.4, -0.2) is 65.1 Å². The summed E-state index contributed by atoms with van der Waals surface area (Å²) in [6.07, 6.45) is 2.34. The van der Waals surface area contributed by atoms with Gasteiger partial charge in [0.25, 0.3) is 0 Å². The van der Waals surface area contributed by atoms with E-state index in [2.05, 4.69) is 26.1 Å². The summed E-state index contributed by atoms with van der Waals surface area (Å²) in [6, 6.07) is -0.121. The van der Waals surface area contributed by atoms with Crippen LogP contribution >= 0.6 is 0 Å². The molecule has 1 saturated heterocycles. The van der Waals surface area contributed by atoms with E-state index in [1.807, 2.05) is 0 Å². The highest BCUT2D eigenvalue weighted by molar-refractivity contribution is 5.87. The highest BCUT2D eigenvalue weighted by Crippen LogP contribution is 2.01. The van der Waals surface area contributed by atoms with Gasteiger partial charge in [-0.2, -0.15) is 9.90 Å². The average molecular weight is 281 g/mol. The van der Waals surface area contributed by atoms with Gasteiger partial charge in [-0.1, -0.05) is 0 Å². The molecule has 1 aliphatic rings. The Bertz CT molecular complexity index is 479. The normalized spacial score (nSPS) is 17.8. The molecule has 2 heterocycles. The van der Waals surface area contributed by atoms with Gasteiger partial charge in [0.15, 0.2) is 5.82 Å². The molecule has 20 heavy (non-hydrogen) atoms. The van der Waals surface area contributed by atoms with E-state index in [9.17, 15) is 9.59 Å². The molecule has 9 heteroatoms. The first-order valence-electron chi connectivity index (χ1n) is 6.43. The highest BCUT2D eigenvalue weighted by Gasteiger charge is 2.17. The fraction of sp³-hybridized carbons (Fsp3) is 0.636. The quantitative estimate of drug-likeness (QED) is 0.646. The van der Waals surface area contributed by atoms with Crippen molar-refractivity contribution in [3.63, 3.8) is 0 Å². The lowest BCUT2D eigenvalue weighted by molar-refractivity contribution is -0.122. The van der Waals surface area contributed by atoms with Gasteiger partial charge in [0.2, 0.25) is 5.91 Å². The zero-order chi connectivity index (χ0) is 14.5. The van der Waals surface area contributed by atoms with E-state index in [1.54, 1.807) is 14.1 Å². The van der Waals surface area contributed by atoms with Crippen LogP contribution in [0.1, 0.15) is 6.42 Å². The lowest BCUT2D eigenvalue weighted by atomic mass is 10.2. The molecule has 0 aliphatic carbocycles. The fourth-order valence-corrected chi connectivity index (χ4v) is 1.83. The molecular formula is C11H19N7O2. The zero-order valence-electron chi connectivity index (χ0n) is 11.6. The first kappa shape index (κ1) is 14.3. The van der Waals surface area contributed by atoms with Gasteiger partial charge >= 0.3 is 6.03 Å². The number of carbonyl (C=O) groups excluding carboxylic acids is 2. The molecule has 0 radical (unpaired) electrons. The van der Waals surface area contributed by atoms with Gasteiger partial charge in [-0.25, -0.2) is 4.79 Å². The molecule has 1 fully saturated rings. The Balaban J connectivity index is 1.82. The smallest absolute Gasteiger partial charge is 0.322 e. The number of aromatic nitrogens is 3. The van der Waals surface area contributed by atoms with Gasteiger partial charge in [-0.15, -0.1) is 5.10 Å². The summed E-state index contributed by atoms with van der Waals surface area (Å²) in [5.41, 5.74) is 0. The van der Waals surface area contributed by atoms with Crippen LogP contribution in [0.2, 0.25) is 0 Å². The van der Waals surface area contributed by atoms with E-state index in [1.165, 1.54) is 15.9 Å². The molecule has 1 aliphatic heterocycles. The molecule has 1 unspecified atom stereocenters. The molecule has 9 nitrogen and oxygen atoms in total. The topological polar surface area (TPSA) is 104 Å². The number of urea groups is 1. The third kappa shape index (κ3) is 3.92. The number of nitrogens with one attached hydrogen (secondary N) is 3. The second kappa shape index (κ2) is 6.33. The number of hydrogen-bond donors (Lipinski definition) is 3. The van der Waals surface area contributed by atoms with Crippen molar-refractivity contribution in [2.24, 2.45) is 0 Å². The summed E-state index contributed by atoms with van der Waals surface area (Å²) in [4.78, 5) is 25.8. The minimum Gasteiger partial charge on any atom is -0.350 e. The molecule has 110 valence electrons. The summed E-state index contributed by atoms with van der Waals surface area (Å²) in [5, 5.41) is 16.6. The minimum atomic E-state index is -0.293. The molecule has 1 aromatic rings. The first-order valence-corrected chi connectivity index (χ1v) is 6.43. The van der Waals surface area contributed by atoms with Crippen molar-refractivity contribution < 1.29 is 9.59 Å². The van der Waals surface area contributed by atoms with Crippen LogP contribution in [0.15, 0.2) is 6.20 Å². The molecule has 3 N–H and O–H groups in total. The fourth-order valence-electron chi connectivity index (χ4n) is 1.83. The van der Waals surface area contributed by atoms with Crippen LogP contribution in [0.3, 0.4) is 0 Å². The number of anilines is 1. The Labute approximate surface area is 116 Å². The third-order valence-electron chi connectivity index (χ3n) is 2.89. The Morgan fingerprint density at radius 2 is 2.35 bits per heavy atom. The number of carbonyl (C=O) groups is 2. The maximum Gasteiger partial charge on any atom is 0.322 e. The van der Waals surface area contributed by atoms with Gasteiger partial charge in [0, 0.05) is 26.7 Å². The minimum absolute atomic E-state index is 0.0360. The van der Waals surface area contributed by atoms with Crippen LogP contribution in [0.5, 0.6) is 0 Å². The predicted octanol–water partition coefficient (Wildman–Crippen LogP) is -1.15. The molecular weight excluding hydrogens is 262 g/mol. The molecule has 1 aromatic heterocycles. The Morgan fingerprint density at radius 3 is 3.00 bits per heavy atom. The van der Waals surface area contributed by atoms with Crippen LogP contribution < -0.4 is 16.0 Å². The van der Waals surface area contributed by atoms with Crippen LogP contribution in [0.25, 0.3) is 0 Å². The summed E-state index contributed by atoms with van der Waals surface area (Å²) < 4.78 is 0. The predicted molar refractivity (Wildman–Crippen MR) is 72.1 cm³/mol. The van der Waals surface area contributed by atoms with Crippen molar-refractivity contribution >= 4 is 17.8 Å². The van der Waals surface area contributed by atoms with Crippen molar-refractivity contribution in [1.82, 2.24) is 30.5 Å². The number of hydrogen-bond acceptors (Lipinski definition) is 5. The van der Waals surface area contributed by atoms with E-state index in [0.29, 0.717) is 5.82 Å². The largest absolute Gasteiger partial charge is 0.350 e. The van der Waals surface area contributed by atoms with Crippen LogP contribution in [0, 0.1) is 0 Å². The zero-order valence-corrected chi connectivity index (χ0v) is 11.6. The number of rotatable bonds is 4. The lowest BCUT2D eigenvalue weighted by Crippen LogP contribution is -2.38. The van der Waals surface area contributed by atoms with E-state index in [-0.39, 0.29) is 24.5 Å². The van der Waals surface area contributed by atoms with Crippen molar-refractivity contribution in [2.45, 2.75) is 19.0 Å². The van der Waals surface area contributed by atoms with Crippen molar-refractivity contribution in [3.05, 3.63) is 6.20 Å². The Morgan fingerprint density at radius 1 is 1.55 bits per heavy atom. The van der Waals surface area contributed by atoms with E-state index in [0.717, 1.165) is 19.5 Å². The maximum atomic E-state index is 11.8. The summed E-state index contributed by atoms with van der Waals surface area (Å²) >= 11 is 0. The summed E-state index contributed by atoms with van der Waals surface area (Å²) in [6.45, 7) is 1.75. The second-order valence-electron chi connectivity index (χ2n) is 4.84. The molecule has 0 spiro atoms. The van der Waals surface area contributed by atoms with E-state index < -0.39 is 0 Å². The molecule has 1 atom stereocenters. The Kier molecular flexibility index (Phi) is 4.51. The Hall–Kier alpha value is -2.16. The van der Waals surface area contributed by atoms with E-state index in [4.69, 9.17) is 0 Å². The first-order chi connectivity index (χ1) is 9.54. The average Bonchev–Trinajstić information content (AvgIpc) is 3.01. The van der Waals surface area contributed by atoms with Crippen molar-refractivity contribution in [3.8, 4) is 0 Å². The van der Waals surface area contributed by atoms with Gasteiger partial charge in [0.1, 0.15) is 6.54 Å². The third-order valence-corrected chi connectivity index (χ3v) is 2.89. The molecule has 3 amide bonds. The monoisotopic (exact) mass is 281 g/mol. The van der Waals surface area contributed by atoms with Gasteiger partial charge in [0.05, 0.1) is 6.20 Å². The van der Waals surface area contributed by atoms with Gasteiger partial charge < -0.3 is 15.5 Å². The SMILES string of the molecule is CN(C)C(=O)Nc1cnn(CC(=O)NC2CCNC2)n1. The van der Waals surface area contributed by atoms with Gasteiger partial charge in [-0.3, -0.25) is 10.1 Å². The molecule has 0 bridgehead atoms.